The monoisotopic (exact) mass is 266 g/mol. The van der Waals surface area contributed by atoms with Gasteiger partial charge in [-0.05, 0) is 25.0 Å². The van der Waals surface area contributed by atoms with Gasteiger partial charge >= 0.3 is 0 Å². The minimum Gasteiger partial charge on any atom is -0.298 e. The Morgan fingerprint density at radius 2 is 1.89 bits per heavy atom. The molecule has 1 aliphatic carbocycles. The second kappa shape index (κ2) is 4.20. The fourth-order valence-corrected chi connectivity index (χ4v) is 2.67. The normalized spacial score (nSPS) is 14.8. The van der Waals surface area contributed by atoms with Crippen molar-refractivity contribution < 1.29 is 13.6 Å². The smallest absolute Gasteiger partial charge is 0.155 e. The van der Waals surface area contributed by atoms with E-state index < -0.39 is 17.2 Å². The Morgan fingerprint density at radius 3 is 2.44 bits per heavy atom. The lowest BCUT2D eigenvalue weighted by Gasteiger charge is -2.00. The van der Waals surface area contributed by atoms with Crippen molar-refractivity contribution in [2.45, 2.75) is 18.8 Å². The van der Waals surface area contributed by atoms with Crippen LogP contribution in [0.25, 0.3) is 10.6 Å². The number of carbonyl (C=O) groups excluding carboxylic acids is 1. The van der Waals surface area contributed by atoms with E-state index in [1.807, 2.05) is 0 Å². The summed E-state index contributed by atoms with van der Waals surface area (Å²) in [7, 11) is 0. The molecule has 0 bridgehead atoms. The number of benzene rings is 1. The second-order valence-electron chi connectivity index (χ2n) is 4.19. The summed E-state index contributed by atoms with van der Waals surface area (Å²) >= 11 is 1.34. The van der Waals surface area contributed by atoms with Crippen molar-refractivity contribution in [2.75, 3.05) is 0 Å². The number of hydrogen-bond donors (Lipinski definition) is 0. The number of nitrogens with zero attached hydrogens (tertiary/aromatic N) is 2. The topological polar surface area (TPSA) is 42.9 Å². The third kappa shape index (κ3) is 1.92. The van der Waals surface area contributed by atoms with Crippen LogP contribution in [0.4, 0.5) is 8.78 Å². The van der Waals surface area contributed by atoms with Crippen LogP contribution in [0.15, 0.2) is 12.1 Å². The van der Waals surface area contributed by atoms with Crippen molar-refractivity contribution in [1.29, 1.82) is 0 Å². The average Bonchev–Trinajstić information content (AvgIpc) is 3.07. The number of halogens is 2. The average molecular weight is 266 g/mol. The number of aldehydes is 1. The zero-order valence-corrected chi connectivity index (χ0v) is 10.0. The van der Waals surface area contributed by atoms with E-state index in [2.05, 4.69) is 10.2 Å². The van der Waals surface area contributed by atoms with E-state index in [0.29, 0.717) is 16.5 Å². The van der Waals surface area contributed by atoms with E-state index in [0.717, 1.165) is 30.0 Å². The predicted molar refractivity (Wildman–Crippen MR) is 62.6 cm³/mol. The largest absolute Gasteiger partial charge is 0.298 e. The van der Waals surface area contributed by atoms with Gasteiger partial charge in [-0.25, -0.2) is 8.78 Å². The Morgan fingerprint density at radius 1 is 1.22 bits per heavy atom. The molecular formula is C12H8F2N2OS. The standard InChI is InChI=1S/C12H8F2N2OS/c13-9-3-7(4-10(14)8(9)5-17)12-16-15-11(18-12)6-1-2-6/h3-6H,1-2H2. The van der Waals surface area contributed by atoms with Crippen LogP contribution >= 0.6 is 11.3 Å². The van der Waals surface area contributed by atoms with Crippen LogP contribution in [-0.2, 0) is 0 Å². The van der Waals surface area contributed by atoms with Crippen LogP contribution in [0, 0.1) is 11.6 Å². The van der Waals surface area contributed by atoms with Crippen LogP contribution in [-0.4, -0.2) is 16.5 Å². The quantitative estimate of drug-likeness (QED) is 0.801. The number of rotatable bonds is 3. The first kappa shape index (κ1) is 11.4. The summed E-state index contributed by atoms with van der Waals surface area (Å²) < 4.78 is 26.9. The molecule has 18 heavy (non-hydrogen) atoms. The van der Waals surface area contributed by atoms with Gasteiger partial charge in [0.2, 0.25) is 0 Å². The van der Waals surface area contributed by atoms with Gasteiger partial charge in [0.05, 0.1) is 5.56 Å². The fourth-order valence-electron chi connectivity index (χ4n) is 1.67. The van der Waals surface area contributed by atoms with Gasteiger partial charge in [0.1, 0.15) is 21.6 Å². The highest BCUT2D eigenvalue weighted by Gasteiger charge is 2.27. The summed E-state index contributed by atoms with van der Waals surface area (Å²) in [5.74, 6) is -1.29. The van der Waals surface area contributed by atoms with Gasteiger partial charge in [-0.15, -0.1) is 10.2 Å². The minimum atomic E-state index is -0.872. The van der Waals surface area contributed by atoms with Crippen molar-refractivity contribution in [3.63, 3.8) is 0 Å². The molecule has 0 spiro atoms. The summed E-state index contributed by atoms with van der Waals surface area (Å²) in [5, 5.41) is 9.33. The van der Waals surface area contributed by atoms with E-state index >= 15 is 0 Å². The molecule has 0 atom stereocenters. The van der Waals surface area contributed by atoms with Crippen LogP contribution in [0.1, 0.15) is 34.1 Å². The lowest BCUT2D eigenvalue weighted by Crippen LogP contribution is -1.94. The molecule has 92 valence electrons. The van der Waals surface area contributed by atoms with Gasteiger partial charge < -0.3 is 0 Å². The van der Waals surface area contributed by atoms with Crippen LogP contribution < -0.4 is 0 Å². The molecule has 2 aromatic rings. The maximum absolute atomic E-state index is 13.5. The zero-order valence-electron chi connectivity index (χ0n) is 9.19. The summed E-state index contributed by atoms with van der Waals surface area (Å²) in [6.45, 7) is 0. The van der Waals surface area contributed by atoms with Crippen molar-refractivity contribution >= 4 is 17.6 Å². The van der Waals surface area contributed by atoms with Crippen molar-refractivity contribution in [2.24, 2.45) is 0 Å². The van der Waals surface area contributed by atoms with Crippen LogP contribution in [0.2, 0.25) is 0 Å². The highest BCUT2D eigenvalue weighted by Crippen LogP contribution is 2.42. The molecule has 1 fully saturated rings. The van der Waals surface area contributed by atoms with Gasteiger partial charge in [0.25, 0.3) is 0 Å². The van der Waals surface area contributed by atoms with Crippen molar-refractivity contribution in [3.05, 3.63) is 34.3 Å². The Kier molecular flexibility index (Phi) is 2.66. The predicted octanol–water partition coefficient (Wildman–Crippen LogP) is 3.17. The molecule has 0 radical (unpaired) electrons. The summed E-state index contributed by atoms with van der Waals surface area (Å²) in [6, 6.07) is 2.23. The first-order valence-electron chi connectivity index (χ1n) is 5.47. The van der Waals surface area contributed by atoms with E-state index in [1.54, 1.807) is 0 Å². The Labute approximate surface area is 105 Å². The van der Waals surface area contributed by atoms with E-state index in [1.165, 1.54) is 11.3 Å². The number of hydrogen-bond acceptors (Lipinski definition) is 4. The number of carbonyl (C=O) groups is 1. The minimum absolute atomic E-state index is 0.171. The molecule has 1 aromatic heterocycles. The highest BCUT2D eigenvalue weighted by molar-refractivity contribution is 7.14. The molecule has 0 aliphatic heterocycles. The Hall–Kier alpha value is -1.69. The Bertz CT molecular complexity index is 599. The van der Waals surface area contributed by atoms with E-state index in [4.69, 9.17) is 0 Å². The number of aromatic nitrogens is 2. The highest BCUT2D eigenvalue weighted by atomic mass is 32.1. The maximum Gasteiger partial charge on any atom is 0.155 e. The van der Waals surface area contributed by atoms with Crippen molar-refractivity contribution in [3.8, 4) is 10.6 Å². The van der Waals surface area contributed by atoms with E-state index in [-0.39, 0.29) is 6.29 Å². The fraction of sp³-hybridized carbons (Fsp3) is 0.250. The first-order valence-corrected chi connectivity index (χ1v) is 6.28. The zero-order chi connectivity index (χ0) is 12.7. The molecule has 0 saturated heterocycles. The Balaban J connectivity index is 2.02. The van der Waals surface area contributed by atoms with Crippen LogP contribution in [0.3, 0.4) is 0 Å². The molecule has 3 nitrogen and oxygen atoms in total. The maximum atomic E-state index is 13.5. The van der Waals surface area contributed by atoms with Crippen molar-refractivity contribution in [1.82, 2.24) is 10.2 Å². The molecule has 6 heteroatoms. The lowest BCUT2D eigenvalue weighted by atomic mass is 10.1. The molecule has 1 aromatic carbocycles. The SMILES string of the molecule is O=Cc1c(F)cc(-c2nnc(C3CC3)s2)cc1F. The first-order chi connectivity index (χ1) is 8.69. The summed E-state index contributed by atoms with van der Waals surface area (Å²) in [6.07, 6.45) is 2.37. The third-order valence-corrected chi connectivity index (χ3v) is 3.95. The van der Waals surface area contributed by atoms with Gasteiger partial charge in [-0.3, -0.25) is 4.79 Å². The molecular weight excluding hydrogens is 258 g/mol. The summed E-state index contributed by atoms with van der Waals surface area (Å²) in [4.78, 5) is 10.5. The second-order valence-corrected chi connectivity index (χ2v) is 5.20. The van der Waals surface area contributed by atoms with Crippen LogP contribution in [0.5, 0.6) is 0 Å². The van der Waals surface area contributed by atoms with Gasteiger partial charge in [-0.2, -0.15) is 0 Å². The molecule has 3 rings (SSSR count). The molecule has 1 saturated carbocycles. The molecule has 1 aliphatic rings. The van der Waals surface area contributed by atoms with Gasteiger partial charge in [0, 0.05) is 11.5 Å². The molecule has 0 N–H and O–H groups in total. The van der Waals surface area contributed by atoms with E-state index in [9.17, 15) is 13.6 Å². The molecule has 0 amide bonds. The van der Waals surface area contributed by atoms with Gasteiger partial charge in [0.15, 0.2) is 6.29 Å². The van der Waals surface area contributed by atoms with Gasteiger partial charge in [-0.1, -0.05) is 11.3 Å². The summed E-state index contributed by atoms with van der Waals surface area (Å²) in [5.41, 5.74) is -0.231. The lowest BCUT2D eigenvalue weighted by molar-refractivity contribution is 0.111. The molecule has 0 unspecified atom stereocenters. The third-order valence-electron chi connectivity index (χ3n) is 2.81. The molecule has 1 heterocycles.